The maximum atomic E-state index is 12.4. The molecule has 0 saturated carbocycles. The van der Waals surface area contributed by atoms with Crippen LogP contribution in [-0.4, -0.2) is 61.2 Å². The largest absolute Gasteiger partial charge is 0.496 e. The Morgan fingerprint density at radius 1 is 1.27 bits per heavy atom. The minimum Gasteiger partial charge on any atom is -0.496 e. The van der Waals surface area contributed by atoms with Gasteiger partial charge in [0, 0.05) is 33.3 Å². The summed E-state index contributed by atoms with van der Waals surface area (Å²) in [6, 6.07) is 2.97. The van der Waals surface area contributed by atoms with Gasteiger partial charge in [0.2, 0.25) is 0 Å². The van der Waals surface area contributed by atoms with Crippen LogP contribution in [0.4, 0.5) is 10.5 Å². The number of halogens is 1. The molecule has 3 N–H and O–H groups in total. The van der Waals surface area contributed by atoms with Gasteiger partial charge in [-0.3, -0.25) is 4.79 Å². The predicted molar refractivity (Wildman–Crippen MR) is 84.6 cm³/mol. The summed E-state index contributed by atoms with van der Waals surface area (Å²) < 4.78 is 5.15. The highest BCUT2D eigenvalue weighted by Crippen LogP contribution is 2.29. The molecule has 0 spiro atoms. The summed E-state index contributed by atoms with van der Waals surface area (Å²) in [7, 11) is 4.56. The van der Waals surface area contributed by atoms with E-state index in [1.807, 2.05) is 0 Å². The number of carbonyl (C=O) groups is 2. The molecule has 0 aliphatic rings. The molecule has 7 nitrogen and oxygen atoms in total. The molecule has 1 rings (SSSR count). The second-order valence-electron chi connectivity index (χ2n) is 4.86. The van der Waals surface area contributed by atoms with Crippen molar-refractivity contribution in [2.75, 3.05) is 40.0 Å². The maximum absolute atomic E-state index is 12.4. The summed E-state index contributed by atoms with van der Waals surface area (Å²) >= 11 is 5.95. The van der Waals surface area contributed by atoms with E-state index in [4.69, 9.17) is 27.2 Å². The molecule has 0 atom stereocenters. The van der Waals surface area contributed by atoms with Crippen LogP contribution in [0.25, 0.3) is 0 Å². The zero-order valence-electron chi connectivity index (χ0n) is 12.8. The van der Waals surface area contributed by atoms with Gasteiger partial charge < -0.3 is 25.4 Å². The van der Waals surface area contributed by atoms with Crippen LogP contribution in [-0.2, 0) is 0 Å². The lowest BCUT2D eigenvalue weighted by atomic mass is 10.1. The molecule has 0 fully saturated rings. The van der Waals surface area contributed by atoms with Crippen molar-refractivity contribution in [3.05, 3.63) is 22.7 Å². The smallest absolute Gasteiger partial charge is 0.407 e. The lowest BCUT2D eigenvalue weighted by molar-refractivity contribution is 0.0787. The standard InChI is InChI=1S/C14H20ClN3O4/c1-17(5-4-6-18(2)14(20)21)13(19)9-7-10(15)11(16)8-12(9)22-3/h7-8H,4-6,16H2,1-3H3,(H,20,21). The SMILES string of the molecule is COc1cc(N)c(Cl)cc1C(=O)N(C)CCCN(C)C(=O)O. The van der Waals surface area contributed by atoms with Crippen LogP contribution in [0.15, 0.2) is 12.1 Å². The van der Waals surface area contributed by atoms with Crippen molar-refractivity contribution in [3.63, 3.8) is 0 Å². The summed E-state index contributed by atoms with van der Waals surface area (Å²) in [6.07, 6.45) is -0.475. The number of rotatable bonds is 6. The lowest BCUT2D eigenvalue weighted by Gasteiger charge is -2.20. The van der Waals surface area contributed by atoms with Crippen LogP contribution in [0.1, 0.15) is 16.8 Å². The minimum atomic E-state index is -0.999. The zero-order chi connectivity index (χ0) is 16.9. The van der Waals surface area contributed by atoms with Gasteiger partial charge in [-0.2, -0.15) is 0 Å². The van der Waals surface area contributed by atoms with Crippen LogP contribution in [0.2, 0.25) is 5.02 Å². The Balaban J connectivity index is 2.75. The number of nitrogens with two attached hydrogens (primary N) is 1. The number of nitrogens with zero attached hydrogens (tertiary/aromatic N) is 2. The van der Waals surface area contributed by atoms with E-state index in [-0.39, 0.29) is 10.9 Å². The molecule has 0 aliphatic heterocycles. The first-order chi connectivity index (χ1) is 10.3. The third kappa shape index (κ3) is 4.42. The highest BCUT2D eigenvalue weighted by molar-refractivity contribution is 6.33. The van der Waals surface area contributed by atoms with Gasteiger partial charge in [-0.1, -0.05) is 11.6 Å². The molecule has 0 heterocycles. The summed E-state index contributed by atoms with van der Waals surface area (Å²) in [5.41, 5.74) is 6.33. The van der Waals surface area contributed by atoms with Crippen LogP contribution >= 0.6 is 11.6 Å². The molecule has 0 unspecified atom stereocenters. The first-order valence-electron chi connectivity index (χ1n) is 6.60. The highest BCUT2D eigenvalue weighted by Gasteiger charge is 2.18. The number of ether oxygens (including phenoxy) is 1. The van der Waals surface area contributed by atoms with Crippen LogP contribution in [0.5, 0.6) is 5.75 Å². The van der Waals surface area contributed by atoms with Crippen molar-refractivity contribution in [3.8, 4) is 5.75 Å². The number of hydrogen-bond acceptors (Lipinski definition) is 4. The number of nitrogen functional groups attached to an aromatic ring is 1. The average Bonchev–Trinajstić information content (AvgIpc) is 2.48. The number of hydrogen-bond donors (Lipinski definition) is 2. The van der Waals surface area contributed by atoms with Gasteiger partial charge in [-0.15, -0.1) is 0 Å². The quantitative estimate of drug-likeness (QED) is 0.778. The van der Waals surface area contributed by atoms with Crippen molar-refractivity contribution in [2.45, 2.75) is 6.42 Å². The second kappa shape index (κ2) is 7.74. The van der Waals surface area contributed by atoms with E-state index in [9.17, 15) is 9.59 Å². The summed E-state index contributed by atoms with van der Waals surface area (Å²) in [5.74, 6) is 0.0816. The number of carbonyl (C=O) groups excluding carboxylic acids is 1. The molecule has 1 aromatic rings. The molecule has 122 valence electrons. The molecular weight excluding hydrogens is 310 g/mol. The summed E-state index contributed by atoms with van der Waals surface area (Å²) in [6.45, 7) is 0.744. The Bertz CT molecular complexity index is 565. The molecule has 0 saturated heterocycles. The topological polar surface area (TPSA) is 96.1 Å². The Labute approximate surface area is 134 Å². The number of amides is 2. The number of carboxylic acid groups (broad SMARTS) is 1. The van der Waals surface area contributed by atoms with Gasteiger partial charge >= 0.3 is 6.09 Å². The van der Waals surface area contributed by atoms with Gasteiger partial charge in [0.25, 0.3) is 5.91 Å². The Kier molecular flexibility index (Phi) is 6.30. The normalized spacial score (nSPS) is 10.2. The first kappa shape index (κ1) is 17.9. The van der Waals surface area contributed by atoms with Crippen LogP contribution in [0.3, 0.4) is 0 Å². The van der Waals surface area contributed by atoms with E-state index >= 15 is 0 Å². The predicted octanol–water partition coefficient (Wildman–Crippen LogP) is 2.00. The lowest BCUT2D eigenvalue weighted by Crippen LogP contribution is -2.32. The molecule has 0 aromatic heterocycles. The Hall–Kier alpha value is -2.15. The summed E-state index contributed by atoms with van der Waals surface area (Å²) in [4.78, 5) is 25.8. The minimum absolute atomic E-state index is 0.267. The second-order valence-corrected chi connectivity index (χ2v) is 5.27. The third-order valence-electron chi connectivity index (χ3n) is 3.21. The number of anilines is 1. The van der Waals surface area contributed by atoms with Gasteiger partial charge in [0.15, 0.2) is 0 Å². The molecule has 1 aromatic carbocycles. The number of benzene rings is 1. The van der Waals surface area contributed by atoms with Crippen molar-refractivity contribution >= 4 is 29.3 Å². The molecule has 0 aliphatic carbocycles. The fourth-order valence-corrected chi connectivity index (χ4v) is 2.02. The van der Waals surface area contributed by atoms with Crippen molar-refractivity contribution in [1.29, 1.82) is 0 Å². The molecule has 0 bridgehead atoms. The van der Waals surface area contributed by atoms with Crippen molar-refractivity contribution in [2.24, 2.45) is 0 Å². The first-order valence-corrected chi connectivity index (χ1v) is 6.98. The molecule has 8 heteroatoms. The molecule has 0 radical (unpaired) electrons. The summed E-state index contributed by atoms with van der Waals surface area (Å²) in [5, 5.41) is 9.04. The average molecular weight is 330 g/mol. The molecular formula is C14H20ClN3O4. The fraction of sp³-hybridized carbons (Fsp3) is 0.429. The fourth-order valence-electron chi connectivity index (χ4n) is 1.85. The highest BCUT2D eigenvalue weighted by atomic mass is 35.5. The van der Waals surface area contributed by atoms with E-state index in [0.29, 0.717) is 36.5 Å². The zero-order valence-corrected chi connectivity index (χ0v) is 13.6. The van der Waals surface area contributed by atoms with Crippen LogP contribution < -0.4 is 10.5 Å². The van der Waals surface area contributed by atoms with Gasteiger partial charge in [0.1, 0.15) is 5.75 Å². The van der Waals surface area contributed by atoms with Crippen LogP contribution in [0, 0.1) is 0 Å². The Morgan fingerprint density at radius 3 is 2.41 bits per heavy atom. The Morgan fingerprint density at radius 2 is 1.86 bits per heavy atom. The van der Waals surface area contributed by atoms with E-state index in [0.717, 1.165) is 0 Å². The van der Waals surface area contributed by atoms with Crippen molar-refractivity contribution < 1.29 is 19.4 Å². The van der Waals surface area contributed by atoms with Gasteiger partial charge in [0.05, 0.1) is 23.4 Å². The molecule has 2 amide bonds. The number of methoxy groups -OCH3 is 1. The van der Waals surface area contributed by atoms with Crippen molar-refractivity contribution in [1.82, 2.24) is 9.80 Å². The van der Waals surface area contributed by atoms with E-state index in [1.165, 1.54) is 36.1 Å². The maximum Gasteiger partial charge on any atom is 0.407 e. The van der Waals surface area contributed by atoms with E-state index in [1.54, 1.807) is 7.05 Å². The monoisotopic (exact) mass is 329 g/mol. The van der Waals surface area contributed by atoms with E-state index < -0.39 is 6.09 Å². The van der Waals surface area contributed by atoms with Gasteiger partial charge in [-0.25, -0.2) is 4.79 Å². The van der Waals surface area contributed by atoms with Gasteiger partial charge in [-0.05, 0) is 12.5 Å². The molecule has 22 heavy (non-hydrogen) atoms. The van der Waals surface area contributed by atoms with E-state index in [2.05, 4.69) is 0 Å². The third-order valence-corrected chi connectivity index (χ3v) is 3.54.